The molecule has 2 aromatic rings. The van der Waals surface area contributed by atoms with Crippen molar-refractivity contribution in [2.75, 3.05) is 11.4 Å². The van der Waals surface area contributed by atoms with E-state index in [-0.39, 0.29) is 11.5 Å². The zero-order valence-electron chi connectivity index (χ0n) is 12.5. The molecule has 1 saturated heterocycles. The lowest BCUT2D eigenvalue weighted by Gasteiger charge is -2.41. The Morgan fingerprint density at radius 3 is 2.85 bits per heavy atom. The van der Waals surface area contributed by atoms with Crippen LogP contribution < -0.4 is 4.90 Å². The molecule has 2 N–H and O–H groups in total. The number of fused-ring (bicyclic) bond motifs is 1. The zero-order chi connectivity index (χ0) is 14.5. The molecule has 0 aliphatic carbocycles. The van der Waals surface area contributed by atoms with Crippen molar-refractivity contribution in [1.29, 1.82) is 0 Å². The van der Waals surface area contributed by atoms with E-state index in [0.29, 0.717) is 0 Å². The van der Waals surface area contributed by atoms with E-state index in [0.717, 1.165) is 29.8 Å². The molecular weight excluding hydrogens is 252 g/mol. The summed E-state index contributed by atoms with van der Waals surface area (Å²) in [6.07, 6.45) is 4.50. The van der Waals surface area contributed by atoms with Crippen LogP contribution in [-0.4, -0.2) is 38.2 Å². The van der Waals surface area contributed by atoms with Crippen molar-refractivity contribution in [3.8, 4) is 0 Å². The van der Waals surface area contributed by atoms with E-state index >= 15 is 0 Å². The SMILES string of the molecule is CC(C)(O)[C@@H]1N(c2ncnc3[nH]ccc23)CCC1(C)C. The number of nitrogens with zero attached hydrogens (tertiary/aromatic N) is 3. The lowest BCUT2D eigenvalue weighted by Crippen LogP contribution is -2.52. The van der Waals surface area contributed by atoms with Gasteiger partial charge in [-0.2, -0.15) is 0 Å². The van der Waals surface area contributed by atoms with Crippen LogP contribution in [0.25, 0.3) is 11.0 Å². The molecule has 0 unspecified atom stereocenters. The normalized spacial score (nSPS) is 22.6. The van der Waals surface area contributed by atoms with Gasteiger partial charge in [-0.25, -0.2) is 9.97 Å². The fourth-order valence-electron chi connectivity index (χ4n) is 3.75. The van der Waals surface area contributed by atoms with Crippen LogP contribution in [0.2, 0.25) is 0 Å². The Kier molecular flexibility index (Phi) is 2.80. The highest BCUT2D eigenvalue weighted by Crippen LogP contribution is 2.44. The third-order valence-electron chi connectivity index (χ3n) is 4.32. The summed E-state index contributed by atoms with van der Waals surface area (Å²) in [5.41, 5.74) is 0.105. The van der Waals surface area contributed by atoms with Gasteiger partial charge in [0, 0.05) is 12.7 Å². The van der Waals surface area contributed by atoms with Gasteiger partial charge in [0.2, 0.25) is 0 Å². The minimum absolute atomic E-state index is 0.0306. The molecule has 1 aliphatic rings. The summed E-state index contributed by atoms with van der Waals surface area (Å²) in [5, 5.41) is 11.6. The van der Waals surface area contributed by atoms with E-state index in [9.17, 15) is 5.11 Å². The molecule has 2 aromatic heterocycles. The van der Waals surface area contributed by atoms with E-state index in [4.69, 9.17) is 0 Å². The number of H-pyrrole nitrogens is 1. The van der Waals surface area contributed by atoms with Crippen molar-refractivity contribution in [1.82, 2.24) is 15.0 Å². The van der Waals surface area contributed by atoms with E-state index < -0.39 is 5.60 Å². The van der Waals surface area contributed by atoms with Gasteiger partial charge in [-0.1, -0.05) is 13.8 Å². The van der Waals surface area contributed by atoms with Gasteiger partial charge >= 0.3 is 0 Å². The first kappa shape index (κ1) is 13.4. The average molecular weight is 274 g/mol. The lowest BCUT2D eigenvalue weighted by atomic mass is 9.77. The van der Waals surface area contributed by atoms with Crippen LogP contribution >= 0.6 is 0 Å². The van der Waals surface area contributed by atoms with Gasteiger partial charge in [0.25, 0.3) is 0 Å². The summed E-state index contributed by atoms with van der Waals surface area (Å²) in [6, 6.07) is 2.03. The monoisotopic (exact) mass is 274 g/mol. The van der Waals surface area contributed by atoms with Crippen LogP contribution in [0.4, 0.5) is 5.82 Å². The predicted octanol–water partition coefficient (Wildman–Crippen LogP) is 2.33. The molecule has 0 amide bonds. The molecule has 5 heteroatoms. The first-order valence-electron chi connectivity index (χ1n) is 7.08. The van der Waals surface area contributed by atoms with Crippen LogP contribution in [0.15, 0.2) is 18.6 Å². The maximum atomic E-state index is 10.6. The number of aliphatic hydroxyl groups is 1. The number of aromatic nitrogens is 3. The minimum Gasteiger partial charge on any atom is -0.388 e. The second-order valence-corrected chi connectivity index (χ2v) is 6.93. The van der Waals surface area contributed by atoms with Crippen molar-refractivity contribution in [3.05, 3.63) is 18.6 Å². The molecule has 20 heavy (non-hydrogen) atoms. The van der Waals surface area contributed by atoms with Crippen molar-refractivity contribution in [3.63, 3.8) is 0 Å². The van der Waals surface area contributed by atoms with Gasteiger partial charge in [-0.3, -0.25) is 0 Å². The summed E-state index contributed by atoms with van der Waals surface area (Å²) in [4.78, 5) is 14.1. The molecular formula is C15H22N4O. The molecule has 0 radical (unpaired) electrons. The molecule has 3 heterocycles. The first-order valence-corrected chi connectivity index (χ1v) is 7.08. The van der Waals surface area contributed by atoms with Crippen molar-refractivity contribution >= 4 is 16.9 Å². The molecule has 0 aromatic carbocycles. The fourth-order valence-corrected chi connectivity index (χ4v) is 3.75. The van der Waals surface area contributed by atoms with E-state index in [2.05, 4.69) is 33.7 Å². The van der Waals surface area contributed by atoms with Crippen LogP contribution in [0.5, 0.6) is 0 Å². The largest absolute Gasteiger partial charge is 0.388 e. The standard InChI is InChI=1S/C15H22N4O/c1-14(2)6-8-19(13(14)15(3,4)20)12-10-5-7-16-11(10)17-9-18-12/h5,7,9,13,20H,6,8H2,1-4H3,(H,16,17,18)/t13-/m1/s1. The molecule has 1 atom stereocenters. The Labute approximate surface area is 119 Å². The van der Waals surface area contributed by atoms with Gasteiger partial charge in [0.05, 0.1) is 17.0 Å². The second kappa shape index (κ2) is 4.19. The van der Waals surface area contributed by atoms with Crippen molar-refractivity contribution in [2.45, 2.75) is 45.8 Å². The first-order chi connectivity index (χ1) is 9.31. The van der Waals surface area contributed by atoms with E-state index in [1.807, 2.05) is 26.1 Å². The molecule has 108 valence electrons. The zero-order valence-corrected chi connectivity index (χ0v) is 12.5. The molecule has 1 fully saturated rings. The Bertz CT molecular complexity index is 626. The van der Waals surface area contributed by atoms with E-state index in [1.165, 1.54) is 0 Å². The summed E-state index contributed by atoms with van der Waals surface area (Å²) in [7, 11) is 0. The van der Waals surface area contributed by atoms with Crippen molar-refractivity contribution < 1.29 is 5.11 Å². The second-order valence-electron chi connectivity index (χ2n) is 6.93. The highest BCUT2D eigenvalue weighted by molar-refractivity contribution is 5.87. The molecule has 1 aliphatic heterocycles. The Morgan fingerprint density at radius 2 is 2.15 bits per heavy atom. The molecule has 0 saturated carbocycles. The molecule has 3 rings (SSSR count). The van der Waals surface area contributed by atoms with Crippen LogP contribution in [0.3, 0.4) is 0 Å². The highest BCUT2D eigenvalue weighted by Gasteiger charge is 2.48. The smallest absolute Gasteiger partial charge is 0.142 e. The van der Waals surface area contributed by atoms with Crippen LogP contribution in [0, 0.1) is 5.41 Å². The summed E-state index contributed by atoms with van der Waals surface area (Å²) in [5.74, 6) is 0.911. The number of aromatic amines is 1. The number of hydrogen-bond acceptors (Lipinski definition) is 4. The van der Waals surface area contributed by atoms with Gasteiger partial charge < -0.3 is 15.0 Å². The number of anilines is 1. The minimum atomic E-state index is -0.784. The van der Waals surface area contributed by atoms with Gasteiger partial charge in [0.15, 0.2) is 0 Å². The quantitative estimate of drug-likeness (QED) is 0.882. The van der Waals surface area contributed by atoms with Crippen LogP contribution in [0.1, 0.15) is 34.1 Å². The predicted molar refractivity (Wildman–Crippen MR) is 79.7 cm³/mol. The third kappa shape index (κ3) is 1.97. The Morgan fingerprint density at radius 1 is 1.40 bits per heavy atom. The number of rotatable bonds is 2. The van der Waals surface area contributed by atoms with Gasteiger partial charge in [0.1, 0.15) is 17.8 Å². The van der Waals surface area contributed by atoms with E-state index in [1.54, 1.807) is 6.33 Å². The summed E-state index contributed by atoms with van der Waals surface area (Å²) < 4.78 is 0. The summed E-state index contributed by atoms with van der Waals surface area (Å²) in [6.45, 7) is 9.09. The van der Waals surface area contributed by atoms with Gasteiger partial charge in [-0.05, 0) is 31.7 Å². The number of nitrogens with one attached hydrogen (secondary N) is 1. The number of hydrogen-bond donors (Lipinski definition) is 2. The fraction of sp³-hybridized carbons (Fsp3) is 0.600. The Balaban J connectivity index is 2.11. The molecule has 5 nitrogen and oxygen atoms in total. The lowest BCUT2D eigenvalue weighted by molar-refractivity contribution is 0.0180. The van der Waals surface area contributed by atoms with Crippen molar-refractivity contribution in [2.24, 2.45) is 5.41 Å². The Hall–Kier alpha value is -1.62. The molecule has 0 bridgehead atoms. The van der Waals surface area contributed by atoms with Gasteiger partial charge in [-0.15, -0.1) is 0 Å². The maximum Gasteiger partial charge on any atom is 0.142 e. The topological polar surface area (TPSA) is 65.0 Å². The summed E-state index contributed by atoms with van der Waals surface area (Å²) >= 11 is 0. The highest BCUT2D eigenvalue weighted by atomic mass is 16.3. The van der Waals surface area contributed by atoms with Crippen LogP contribution in [-0.2, 0) is 0 Å². The maximum absolute atomic E-state index is 10.6. The average Bonchev–Trinajstić information content (AvgIpc) is 2.90. The molecule has 0 spiro atoms. The third-order valence-corrected chi connectivity index (χ3v) is 4.32.